The van der Waals surface area contributed by atoms with Crippen molar-refractivity contribution in [3.8, 4) is 22.6 Å². The van der Waals surface area contributed by atoms with E-state index in [0.29, 0.717) is 0 Å². The minimum absolute atomic E-state index is 0.883. The molecule has 2 heteroatoms. The fourth-order valence-electron chi connectivity index (χ4n) is 2.66. The molecule has 0 fully saturated rings. The Morgan fingerprint density at radius 3 is 1.62 bits per heavy atom. The van der Waals surface area contributed by atoms with Gasteiger partial charge in [0.15, 0.2) is 0 Å². The first-order valence-electron chi connectivity index (χ1n) is 7.09. The molecule has 0 atom stereocenters. The second kappa shape index (κ2) is 5.49. The molecule has 106 valence electrons. The van der Waals surface area contributed by atoms with E-state index in [9.17, 15) is 0 Å². The Labute approximate surface area is 125 Å². The summed E-state index contributed by atoms with van der Waals surface area (Å²) in [6.07, 6.45) is 0. The molecule has 0 spiro atoms. The lowest BCUT2D eigenvalue weighted by atomic mass is 10.1. The molecule has 2 aromatic carbocycles. The highest BCUT2D eigenvalue weighted by Gasteiger charge is 2.04. The van der Waals surface area contributed by atoms with Gasteiger partial charge in [-0.2, -0.15) is 0 Å². The molecule has 0 unspecified atom stereocenters. The van der Waals surface area contributed by atoms with E-state index in [1.807, 2.05) is 12.1 Å². The van der Waals surface area contributed by atoms with Crippen LogP contribution in [0.4, 0.5) is 0 Å². The summed E-state index contributed by atoms with van der Waals surface area (Å²) in [4.78, 5) is 0. The van der Waals surface area contributed by atoms with Crippen LogP contribution in [0.5, 0.6) is 5.75 Å². The zero-order chi connectivity index (χ0) is 14.8. The predicted octanol–water partition coefficient (Wildman–Crippen LogP) is 4.77. The Morgan fingerprint density at radius 2 is 1.14 bits per heavy atom. The van der Waals surface area contributed by atoms with Crippen molar-refractivity contribution in [2.24, 2.45) is 0 Å². The summed E-state index contributed by atoms with van der Waals surface area (Å²) in [6, 6.07) is 21.1. The van der Waals surface area contributed by atoms with Crippen LogP contribution in [0.1, 0.15) is 11.4 Å². The maximum absolute atomic E-state index is 5.20. The molecule has 0 bridgehead atoms. The molecule has 0 amide bonds. The third-order valence-corrected chi connectivity index (χ3v) is 3.82. The summed E-state index contributed by atoms with van der Waals surface area (Å²) in [5.41, 5.74) is 6.12. The van der Waals surface area contributed by atoms with E-state index in [-0.39, 0.29) is 0 Å². The fourth-order valence-corrected chi connectivity index (χ4v) is 2.66. The Kier molecular flexibility index (Phi) is 3.53. The van der Waals surface area contributed by atoms with Crippen LogP contribution in [-0.4, -0.2) is 11.7 Å². The largest absolute Gasteiger partial charge is 0.497 e. The monoisotopic (exact) mass is 277 g/mol. The maximum atomic E-state index is 5.20. The van der Waals surface area contributed by atoms with Crippen LogP contribution in [0.3, 0.4) is 0 Å². The SMILES string of the molecule is COc1ccc(-c2ccc(-n3c(C)ccc3C)cc2)cc1. The molecular weight excluding hydrogens is 258 g/mol. The third-order valence-electron chi connectivity index (χ3n) is 3.82. The van der Waals surface area contributed by atoms with Crippen molar-refractivity contribution in [2.45, 2.75) is 13.8 Å². The lowest BCUT2D eigenvalue weighted by Gasteiger charge is -2.10. The molecule has 2 nitrogen and oxygen atoms in total. The molecule has 0 N–H and O–H groups in total. The lowest BCUT2D eigenvalue weighted by Crippen LogP contribution is -1.98. The average Bonchev–Trinajstić information content (AvgIpc) is 2.87. The highest BCUT2D eigenvalue weighted by atomic mass is 16.5. The summed E-state index contributed by atoms with van der Waals surface area (Å²) in [7, 11) is 1.69. The fraction of sp³-hybridized carbons (Fsp3) is 0.158. The van der Waals surface area contributed by atoms with Crippen molar-refractivity contribution in [1.82, 2.24) is 4.57 Å². The van der Waals surface area contributed by atoms with Gasteiger partial charge in [-0.25, -0.2) is 0 Å². The molecule has 1 aromatic heterocycles. The number of aromatic nitrogens is 1. The number of aryl methyl sites for hydroxylation is 2. The Balaban J connectivity index is 1.93. The first-order valence-corrected chi connectivity index (χ1v) is 7.09. The number of rotatable bonds is 3. The zero-order valence-corrected chi connectivity index (χ0v) is 12.6. The third kappa shape index (κ3) is 2.57. The normalized spacial score (nSPS) is 10.6. The zero-order valence-electron chi connectivity index (χ0n) is 12.6. The molecular formula is C19H19NO. The number of ether oxygens (including phenoxy) is 1. The molecule has 0 saturated heterocycles. The van der Waals surface area contributed by atoms with Crippen molar-refractivity contribution < 1.29 is 4.74 Å². The van der Waals surface area contributed by atoms with Crippen LogP contribution in [0.25, 0.3) is 16.8 Å². The summed E-state index contributed by atoms with van der Waals surface area (Å²) < 4.78 is 7.46. The quantitative estimate of drug-likeness (QED) is 0.672. The molecule has 0 aliphatic heterocycles. The van der Waals surface area contributed by atoms with Gasteiger partial charge in [0, 0.05) is 17.1 Å². The van der Waals surface area contributed by atoms with Gasteiger partial charge in [0.2, 0.25) is 0 Å². The van der Waals surface area contributed by atoms with Gasteiger partial charge in [0.25, 0.3) is 0 Å². The topological polar surface area (TPSA) is 14.2 Å². The Morgan fingerprint density at radius 1 is 0.667 bits per heavy atom. The van der Waals surface area contributed by atoms with Gasteiger partial charge in [-0.1, -0.05) is 24.3 Å². The minimum atomic E-state index is 0.883. The van der Waals surface area contributed by atoms with Crippen molar-refractivity contribution in [3.05, 3.63) is 72.1 Å². The van der Waals surface area contributed by atoms with E-state index in [1.54, 1.807) is 7.11 Å². The summed E-state index contributed by atoms with van der Waals surface area (Å²) in [5, 5.41) is 0. The van der Waals surface area contributed by atoms with Crippen LogP contribution >= 0.6 is 0 Å². The smallest absolute Gasteiger partial charge is 0.118 e. The first-order chi connectivity index (χ1) is 10.2. The van der Waals surface area contributed by atoms with E-state index in [1.165, 1.54) is 28.2 Å². The van der Waals surface area contributed by atoms with E-state index in [2.05, 4.69) is 66.9 Å². The van der Waals surface area contributed by atoms with Crippen molar-refractivity contribution >= 4 is 0 Å². The number of hydrogen-bond acceptors (Lipinski definition) is 1. The average molecular weight is 277 g/mol. The standard InChI is InChI=1S/C19H19NO/c1-14-4-5-15(2)20(14)18-10-6-16(7-11-18)17-8-12-19(21-3)13-9-17/h4-13H,1-3H3. The molecule has 3 aromatic rings. The van der Waals surface area contributed by atoms with Gasteiger partial charge in [0.05, 0.1) is 7.11 Å². The van der Waals surface area contributed by atoms with Gasteiger partial charge in [0.1, 0.15) is 5.75 Å². The number of hydrogen-bond donors (Lipinski definition) is 0. The molecule has 0 saturated carbocycles. The van der Waals surface area contributed by atoms with E-state index in [0.717, 1.165) is 5.75 Å². The van der Waals surface area contributed by atoms with Gasteiger partial charge in [-0.3, -0.25) is 0 Å². The van der Waals surface area contributed by atoms with E-state index < -0.39 is 0 Å². The molecule has 0 radical (unpaired) electrons. The van der Waals surface area contributed by atoms with Crippen molar-refractivity contribution in [1.29, 1.82) is 0 Å². The van der Waals surface area contributed by atoms with Crippen LogP contribution in [0.15, 0.2) is 60.7 Å². The lowest BCUT2D eigenvalue weighted by molar-refractivity contribution is 0.415. The number of methoxy groups -OCH3 is 1. The van der Waals surface area contributed by atoms with Crippen LogP contribution in [0, 0.1) is 13.8 Å². The van der Waals surface area contributed by atoms with Crippen molar-refractivity contribution in [2.75, 3.05) is 7.11 Å². The van der Waals surface area contributed by atoms with Gasteiger partial charge in [-0.05, 0) is 61.4 Å². The predicted molar refractivity (Wildman–Crippen MR) is 87.2 cm³/mol. The molecule has 21 heavy (non-hydrogen) atoms. The van der Waals surface area contributed by atoms with E-state index >= 15 is 0 Å². The summed E-state index contributed by atoms with van der Waals surface area (Å²) in [6.45, 7) is 4.26. The minimum Gasteiger partial charge on any atom is -0.497 e. The van der Waals surface area contributed by atoms with E-state index in [4.69, 9.17) is 4.74 Å². The molecule has 1 heterocycles. The number of nitrogens with zero attached hydrogens (tertiary/aromatic N) is 1. The summed E-state index contributed by atoms with van der Waals surface area (Å²) in [5.74, 6) is 0.883. The van der Waals surface area contributed by atoms with Gasteiger partial charge in [-0.15, -0.1) is 0 Å². The van der Waals surface area contributed by atoms with Crippen LogP contribution in [0.2, 0.25) is 0 Å². The molecule has 0 aliphatic carbocycles. The second-order valence-electron chi connectivity index (χ2n) is 5.23. The van der Waals surface area contributed by atoms with Crippen LogP contribution < -0.4 is 4.74 Å². The Hall–Kier alpha value is -2.48. The highest BCUT2D eigenvalue weighted by molar-refractivity contribution is 5.65. The Bertz CT molecular complexity index is 717. The molecule has 0 aliphatic rings. The highest BCUT2D eigenvalue weighted by Crippen LogP contribution is 2.24. The number of benzene rings is 2. The van der Waals surface area contributed by atoms with Gasteiger partial charge >= 0.3 is 0 Å². The summed E-state index contributed by atoms with van der Waals surface area (Å²) >= 11 is 0. The second-order valence-corrected chi connectivity index (χ2v) is 5.23. The maximum Gasteiger partial charge on any atom is 0.118 e. The van der Waals surface area contributed by atoms with Crippen molar-refractivity contribution in [3.63, 3.8) is 0 Å². The van der Waals surface area contributed by atoms with Crippen LogP contribution in [-0.2, 0) is 0 Å². The van der Waals surface area contributed by atoms with Gasteiger partial charge < -0.3 is 9.30 Å². The molecule has 3 rings (SSSR count). The first kappa shape index (κ1) is 13.5.